The van der Waals surface area contributed by atoms with Crippen LogP contribution in [-0.4, -0.2) is 22.5 Å². The molecule has 0 heterocycles. The maximum absolute atomic E-state index is 10.5. The Labute approximate surface area is 90.4 Å². The molecule has 0 amide bonds. The Morgan fingerprint density at radius 2 is 1.93 bits per heavy atom. The minimum atomic E-state index is -1.15. The minimum absolute atomic E-state index is 0.0209. The lowest BCUT2D eigenvalue weighted by Gasteiger charge is -2.02. The van der Waals surface area contributed by atoms with E-state index in [2.05, 4.69) is 0 Å². The molecular weight excluding hydrogens is 220 g/mol. The molecule has 4 nitrogen and oxygen atoms in total. The van der Waals surface area contributed by atoms with Crippen molar-refractivity contribution in [3.05, 3.63) is 34.4 Å². The first-order valence-electron chi connectivity index (χ1n) is 3.93. The van der Waals surface area contributed by atoms with Crippen LogP contribution < -0.4 is 0 Å². The molecule has 1 aromatic rings. The zero-order valence-electron chi connectivity index (χ0n) is 7.48. The van der Waals surface area contributed by atoms with Gasteiger partial charge < -0.3 is 10.2 Å². The molecular formula is C10H7ClO4. The number of aliphatic carboxylic acids is 1. The SMILES string of the molecule is O=Cc1cc(Cl)cc(C=CC(=O)O)c1O. The number of halogens is 1. The number of hydrogen-bond acceptors (Lipinski definition) is 3. The van der Waals surface area contributed by atoms with Crippen LogP contribution in [0.15, 0.2) is 18.2 Å². The number of carbonyl (C=O) groups is 2. The fourth-order valence-corrected chi connectivity index (χ4v) is 1.26. The first-order chi connectivity index (χ1) is 7.04. The largest absolute Gasteiger partial charge is 0.507 e. The predicted molar refractivity (Wildman–Crippen MR) is 55.2 cm³/mol. The van der Waals surface area contributed by atoms with Gasteiger partial charge in [-0.15, -0.1) is 0 Å². The second kappa shape index (κ2) is 4.61. The summed E-state index contributed by atoms with van der Waals surface area (Å²) in [5.41, 5.74) is 0.208. The van der Waals surface area contributed by atoms with E-state index in [0.29, 0.717) is 6.29 Å². The van der Waals surface area contributed by atoms with Crippen molar-refractivity contribution < 1.29 is 19.8 Å². The Kier molecular flexibility index (Phi) is 3.46. The van der Waals surface area contributed by atoms with Crippen LogP contribution >= 0.6 is 11.6 Å². The maximum atomic E-state index is 10.5. The Morgan fingerprint density at radius 1 is 1.33 bits per heavy atom. The van der Waals surface area contributed by atoms with Gasteiger partial charge in [-0.3, -0.25) is 4.79 Å². The quantitative estimate of drug-likeness (QED) is 0.610. The second-order valence-electron chi connectivity index (χ2n) is 2.72. The summed E-state index contributed by atoms with van der Waals surface area (Å²) >= 11 is 5.66. The number of carboxylic acids is 1. The molecule has 78 valence electrons. The van der Waals surface area contributed by atoms with Gasteiger partial charge in [-0.1, -0.05) is 11.6 Å². The van der Waals surface area contributed by atoms with Gasteiger partial charge in [0, 0.05) is 16.7 Å². The lowest BCUT2D eigenvalue weighted by Crippen LogP contribution is -1.88. The van der Waals surface area contributed by atoms with Gasteiger partial charge in [0.1, 0.15) is 5.75 Å². The maximum Gasteiger partial charge on any atom is 0.328 e. The van der Waals surface area contributed by atoms with Crippen molar-refractivity contribution >= 4 is 29.9 Å². The highest BCUT2D eigenvalue weighted by molar-refractivity contribution is 6.31. The summed E-state index contributed by atoms with van der Waals surface area (Å²) in [6.07, 6.45) is 2.45. The average Bonchev–Trinajstić information content (AvgIpc) is 2.18. The molecule has 0 saturated heterocycles. The first-order valence-corrected chi connectivity index (χ1v) is 4.31. The number of phenols is 1. The zero-order valence-corrected chi connectivity index (χ0v) is 8.23. The number of benzene rings is 1. The van der Waals surface area contributed by atoms with Crippen LogP contribution in [0.2, 0.25) is 5.02 Å². The predicted octanol–water partition coefficient (Wildman–Crippen LogP) is 1.96. The van der Waals surface area contributed by atoms with E-state index in [1.54, 1.807) is 0 Å². The number of hydrogen-bond donors (Lipinski definition) is 2. The molecule has 0 aliphatic heterocycles. The van der Waals surface area contributed by atoms with Crippen molar-refractivity contribution in [1.29, 1.82) is 0 Å². The molecule has 0 aliphatic rings. The van der Waals surface area contributed by atoms with Crippen molar-refractivity contribution in [3.63, 3.8) is 0 Å². The fourth-order valence-electron chi connectivity index (χ4n) is 1.02. The van der Waals surface area contributed by atoms with E-state index in [4.69, 9.17) is 16.7 Å². The fraction of sp³-hybridized carbons (Fsp3) is 0. The van der Waals surface area contributed by atoms with E-state index in [-0.39, 0.29) is 21.9 Å². The van der Waals surface area contributed by atoms with E-state index in [9.17, 15) is 14.7 Å². The molecule has 2 N–H and O–H groups in total. The molecule has 0 spiro atoms. The molecule has 0 fully saturated rings. The van der Waals surface area contributed by atoms with Crippen molar-refractivity contribution in [3.8, 4) is 5.75 Å². The summed E-state index contributed by atoms with van der Waals surface area (Å²) in [7, 11) is 0. The van der Waals surface area contributed by atoms with Gasteiger partial charge in [-0.05, 0) is 18.2 Å². The Morgan fingerprint density at radius 3 is 2.47 bits per heavy atom. The van der Waals surface area contributed by atoms with Crippen LogP contribution in [0.3, 0.4) is 0 Å². The van der Waals surface area contributed by atoms with E-state index < -0.39 is 5.97 Å². The highest BCUT2D eigenvalue weighted by Crippen LogP contribution is 2.26. The molecule has 0 unspecified atom stereocenters. The van der Waals surface area contributed by atoms with Crippen molar-refractivity contribution in [2.45, 2.75) is 0 Å². The second-order valence-corrected chi connectivity index (χ2v) is 3.16. The normalized spacial score (nSPS) is 10.5. The molecule has 0 aliphatic carbocycles. The van der Waals surface area contributed by atoms with Gasteiger partial charge in [0.15, 0.2) is 6.29 Å². The Bertz CT molecular complexity index is 437. The summed E-state index contributed by atoms with van der Waals surface area (Å²) < 4.78 is 0. The third-order valence-corrected chi connectivity index (χ3v) is 1.88. The highest BCUT2D eigenvalue weighted by Gasteiger charge is 2.06. The summed E-state index contributed by atoms with van der Waals surface area (Å²) in [6.45, 7) is 0. The molecule has 1 aromatic carbocycles. The summed E-state index contributed by atoms with van der Waals surface area (Å²) in [5, 5.41) is 18.1. The number of rotatable bonds is 3. The molecule has 0 radical (unpaired) electrons. The number of carbonyl (C=O) groups excluding carboxylic acids is 1. The summed E-state index contributed by atoms with van der Waals surface area (Å²) in [5.74, 6) is -1.44. The van der Waals surface area contributed by atoms with Gasteiger partial charge >= 0.3 is 5.97 Å². The molecule has 15 heavy (non-hydrogen) atoms. The van der Waals surface area contributed by atoms with Crippen LogP contribution in [-0.2, 0) is 4.79 Å². The van der Waals surface area contributed by atoms with Crippen LogP contribution in [0.25, 0.3) is 6.08 Å². The smallest absolute Gasteiger partial charge is 0.328 e. The van der Waals surface area contributed by atoms with Gasteiger partial charge in [0.05, 0.1) is 5.56 Å². The van der Waals surface area contributed by atoms with Crippen LogP contribution in [0, 0.1) is 0 Å². The van der Waals surface area contributed by atoms with E-state index in [1.807, 2.05) is 0 Å². The monoisotopic (exact) mass is 226 g/mol. The minimum Gasteiger partial charge on any atom is -0.507 e. The zero-order chi connectivity index (χ0) is 11.4. The van der Waals surface area contributed by atoms with Crippen LogP contribution in [0.5, 0.6) is 5.75 Å². The third kappa shape index (κ3) is 2.82. The third-order valence-electron chi connectivity index (χ3n) is 1.67. The van der Waals surface area contributed by atoms with E-state index >= 15 is 0 Å². The molecule has 1 rings (SSSR count). The Hall–Kier alpha value is -1.81. The topological polar surface area (TPSA) is 74.6 Å². The van der Waals surface area contributed by atoms with E-state index in [0.717, 1.165) is 12.2 Å². The van der Waals surface area contributed by atoms with E-state index in [1.165, 1.54) is 12.1 Å². The lowest BCUT2D eigenvalue weighted by molar-refractivity contribution is -0.131. The molecule has 5 heteroatoms. The van der Waals surface area contributed by atoms with Crippen molar-refractivity contribution in [2.75, 3.05) is 0 Å². The number of phenolic OH excluding ortho intramolecular Hbond substituents is 1. The number of carboxylic acid groups (broad SMARTS) is 1. The van der Waals surface area contributed by atoms with Gasteiger partial charge in [-0.2, -0.15) is 0 Å². The molecule has 0 saturated carbocycles. The molecule has 0 atom stereocenters. The lowest BCUT2D eigenvalue weighted by atomic mass is 10.1. The van der Waals surface area contributed by atoms with Gasteiger partial charge in [-0.25, -0.2) is 4.79 Å². The number of aldehydes is 1. The average molecular weight is 227 g/mol. The van der Waals surface area contributed by atoms with Crippen molar-refractivity contribution in [1.82, 2.24) is 0 Å². The standard InChI is InChI=1S/C10H7ClO4/c11-8-3-6(1-2-9(13)14)10(15)7(4-8)5-12/h1-5,15H,(H,13,14). The molecule has 0 bridgehead atoms. The van der Waals surface area contributed by atoms with Gasteiger partial charge in [0.25, 0.3) is 0 Å². The van der Waals surface area contributed by atoms with Crippen LogP contribution in [0.1, 0.15) is 15.9 Å². The summed E-state index contributed by atoms with van der Waals surface area (Å²) in [6, 6.07) is 2.66. The van der Waals surface area contributed by atoms with Gasteiger partial charge in [0.2, 0.25) is 0 Å². The first kappa shape index (κ1) is 11.3. The Balaban J connectivity index is 3.23. The molecule has 0 aromatic heterocycles. The summed E-state index contributed by atoms with van der Waals surface area (Å²) in [4.78, 5) is 20.8. The number of aromatic hydroxyl groups is 1. The van der Waals surface area contributed by atoms with Crippen LogP contribution in [0.4, 0.5) is 0 Å². The highest BCUT2D eigenvalue weighted by atomic mass is 35.5. The van der Waals surface area contributed by atoms with Crippen molar-refractivity contribution in [2.24, 2.45) is 0 Å².